The first kappa shape index (κ1) is 16.4. The van der Waals surface area contributed by atoms with Crippen molar-refractivity contribution in [3.05, 3.63) is 52.6 Å². The molecular formula is C19H23N3O2. The second-order valence-corrected chi connectivity index (χ2v) is 6.51. The third-order valence-corrected chi connectivity index (χ3v) is 4.51. The van der Waals surface area contributed by atoms with Crippen LogP contribution in [0.25, 0.3) is 11.3 Å². The third-order valence-electron chi connectivity index (χ3n) is 4.51. The Bertz CT molecular complexity index is 759. The van der Waals surface area contributed by atoms with E-state index in [1.807, 2.05) is 31.2 Å². The van der Waals surface area contributed by atoms with Crippen molar-refractivity contribution >= 4 is 5.91 Å². The molecule has 3 rings (SSSR count). The summed E-state index contributed by atoms with van der Waals surface area (Å²) in [5.41, 5.74) is 2.48. The molecule has 126 valence electrons. The molecule has 0 radical (unpaired) electrons. The number of hydrogen-bond donors (Lipinski definition) is 1. The van der Waals surface area contributed by atoms with Crippen LogP contribution in [0, 0.1) is 6.92 Å². The van der Waals surface area contributed by atoms with Gasteiger partial charge in [0.1, 0.15) is 6.54 Å². The summed E-state index contributed by atoms with van der Waals surface area (Å²) in [6, 6.07) is 9.59. The molecule has 0 saturated heterocycles. The van der Waals surface area contributed by atoms with Gasteiger partial charge in [0.15, 0.2) is 0 Å². The first-order valence-electron chi connectivity index (χ1n) is 8.55. The Kier molecular flexibility index (Phi) is 5.08. The molecule has 1 amide bonds. The third kappa shape index (κ3) is 4.10. The van der Waals surface area contributed by atoms with Crippen LogP contribution in [-0.2, 0) is 11.3 Å². The molecule has 5 nitrogen and oxygen atoms in total. The molecule has 1 aliphatic rings. The van der Waals surface area contributed by atoms with Crippen molar-refractivity contribution in [2.24, 2.45) is 0 Å². The van der Waals surface area contributed by atoms with Crippen molar-refractivity contribution in [2.75, 3.05) is 0 Å². The fraction of sp³-hybridized carbons (Fsp3) is 0.421. The minimum Gasteiger partial charge on any atom is -0.352 e. The number of benzene rings is 1. The number of amides is 1. The van der Waals surface area contributed by atoms with Gasteiger partial charge in [-0.25, -0.2) is 4.98 Å². The zero-order valence-corrected chi connectivity index (χ0v) is 14.0. The van der Waals surface area contributed by atoms with Crippen LogP contribution in [0.4, 0.5) is 0 Å². The highest BCUT2D eigenvalue weighted by molar-refractivity contribution is 5.76. The Labute approximate surface area is 141 Å². The van der Waals surface area contributed by atoms with Gasteiger partial charge in [-0.1, -0.05) is 49.1 Å². The van der Waals surface area contributed by atoms with Gasteiger partial charge < -0.3 is 5.32 Å². The molecule has 1 N–H and O–H groups in total. The molecule has 0 atom stereocenters. The van der Waals surface area contributed by atoms with Crippen LogP contribution in [-0.4, -0.2) is 21.5 Å². The molecule has 0 bridgehead atoms. The summed E-state index contributed by atoms with van der Waals surface area (Å²) in [5.74, 6) is -0.117. The number of hydrogen-bond acceptors (Lipinski definition) is 3. The highest BCUT2D eigenvalue weighted by atomic mass is 16.2. The fourth-order valence-corrected chi connectivity index (χ4v) is 3.10. The maximum absolute atomic E-state index is 12.3. The lowest BCUT2D eigenvalue weighted by molar-refractivity contribution is -0.122. The highest BCUT2D eigenvalue weighted by Gasteiger charge is 2.16. The van der Waals surface area contributed by atoms with Gasteiger partial charge in [0.2, 0.25) is 5.91 Å². The first-order valence-corrected chi connectivity index (χ1v) is 8.55. The molecule has 0 aliphatic heterocycles. The predicted octanol–water partition coefficient (Wildman–Crippen LogP) is 2.67. The van der Waals surface area contributed by atoms with E-state index in [0.717, 1.165) is 36.8 Å². The van der Waals surface area contributed by atoms with E-state index in [0.29, 0.717) is 5.69 Å². The molecule has 1 aromatic carbocycles. The van der Waals surface area contributed by atoms with Crippen LogP contribution in [0.5, 0.6) is 0 Å². The summed E-state index contributed by atoms with van der Waals surface area (Å²) in [6.45, 7) is 2.04. The smallest absolute Gasteiger partial charge is 0.254 e. The van der Waals surface area contributed by atoms with Crippen molar-refractivity contribution in [2.45, 2.75) is 51.6 Å². The van der Waals surface area contributed by atoms with Crippen molar-refractivity contribution in [1.82, 2.24) is 14.9 Å². The summed E-state index contributed by atoms with van der Waals surface area (Å²) in [5, 5.41) is 3.02. The maximum Gasteiger partial charge on any atom is 0.254 e. The second-order valence-electron chi connectivity index (χ2n) is 6.51. The first-order chi connectivity index (χ1) is 11.6. The summed E-state index contributed by atoms with van der Waals surface area (Å²) >= 11 is 0. The Morgan fingerprint density at radius 3 is 2.58 bits per heavy atom. The van der Waals surface area contributed by atoms with Gasteiger partial charge in [-0.2, -0.15) is 0 Å². The van der Waals surface area contributed by atoms with E-state index < -0.39 is 0 Å². The zero-order valence-electron chi connectivity index (χ0n) is 14.0. The number of aryl methyl sites for hydroxylation is 1. The Morgan fingerprint density at radius 1 is 1.21 bits per heavy atom. The topological polar surface area (TPSA) is 64.0 Å². The van der Waals surface area contributed by atoms with Gasteiger partial charge in [-0.05, 0) is 19.8 Å². The monoisotopic (exact) mass is 325 g/mol. The van der Waals surface area contributed by atoms with E-state index in [1.54, 1.807) is 0 Å². The lowest BCUT2D eigenvalue weighted by Crippen LogP contribution is -2.39. The van der Waals surface area contributed by atoms with Crippen molar-refractivity contribution in [3.63, 3.8) is 0 Å². The summed E-state index contributed by atoms with van der Waals surface area (Å²) < 4.78 is 1.36. The standard InChI is InChI=1S/C19H23N3O2/c1-14-7-9-15(10-8-14)17-11-19(24)22(13-20-17)12-18(23)21-16-5-3-2-4-6-16/h7-11,13,16H,2-6,12H2,1H3,(H,21,23). The largest absolute Gasteiger partial charge is 0.352 e. The predicted molar refractivity (Wildman–Crippen MR) is 93.7 cm³/mol. The van der Waals surface area contributed by atoms with Gasteiger partial charge in [0, 0.05) is 17.7 Å². The molecule has 0 unspecified atom stereocenters. The average Bonchev–Trinajstić information content (AvgIpc) is 2.58. The zero-order chi connectivity index (χ0) is 16.9. The molecule has 2 aromatic rings. The van der Waals surface area contributed by atoms with Gasteiger partial charge in [0.05, 0.1) is 12.0 Å². The molecule has 1 aliphatic carbocycles. The number of nitrogens with zero attached hydrogens (tertiary/aromatic N) is 2. The molecule has 5 heteroatoms. The number of aromatic nitrogens is 2. The molecule has 1 fully saturated rings. The minimum atomic E-state index is -0.209. The molecule has 1 heterocycles. The highest BCUT2D eigenvalue weighted by Crippen LogP contribution is 2.17. The molecule has 1 aromatic heterocycles. The lowest BCUT2D eigenvalue weighted by atomic mass is 9.95. The van der Waals surface area contributed by atoms with E-state index >= 15 is 0 Å². The van der Waals surface area contributed by atoms with Crippen molar-refractivity contribution in [1.29, 1.82) is 0 Å². The molecule has 0 spiro atoms. The van der Waals surface area contributed by atoms with Crippen LogP contribution >= 0.6 is 0 Å². The Balaban J connectivity index is 1.67. The van der Waals surface area contributed by atoms with Crippen LogP contribution in [0.15, 0.2) is 41.5 Å². The Hall–Kier alpha value is -2.43. The van der Waals surface area contributed by atoms with Crippen LogP contribution in [0.2, 0.25) is 0 Å². The van der Waals surface area contributed by atoms with E-state index in [4.69, 9.17) is 0 Å². The van der Waals surface area contributed by atoms with Crippen LogP contribution in [0.1, 0.15) is 37.7 Å². The van der Waals surface area contributed by atoms with E-state index in [1.165, 1.54) is 23.4 Å². The number of rotatable bonds is 4. The van der Waals surface area contributed by atoms with E-state index in [-0.39, 0.29) is 24.1 Å². The maximum atomic E-state index is 12.3. The Morgan fingerprint density at radius 2 is 1.92 bits per heavy atom. The quantitative estimate of drug-likeness (QED) is 0.940. The summed E-state index contributed by atoms with van der Waals surface area (Å²) in [6.07, 6.45) is 7.10. The number of nitrogens with one attached hydrogen (secondary N) is 1. The SMILES string of the molecule is Cc1ccc(-c2cc(=O)n(CC(=O)NC3CCCCC3)cn2)cc1. The van der Waals surface area contributed by atoms with Gasteiger partial charge >= 0.3 is 0 Å². The number of carbonyl (C=O) groups is 1. The molecule has 24 heavy (non-hydrogen) atoms. The van der Waals surface area contributed by atoms with E-state index in [2.05, 4.69) is 10.3 Å². The minimum absolute atomic E-state index is 0.0243. The van der Waals surface area contributed by atoms with Crippen molar-refractivity contribution in [3.8, 4) is 11.3 Å². The normalized spacial score (nSPS) is 15.2. The second kappa shape index (κ2) is 7.43. The molecular weight excluding hydrogens is 302 g/mol. The number of carbonyl (C=O) groups excluding carboxylic acids is 1. The average molecular weight is 325 g/mol. The van der Waals surface area contributed by atoms with Gasteiger partial charge in [0.25, 0.3) is 5.56 Å². The van der Waals surface area contributed by atoms with Crippen molar-refractivity contribution < 1.29 is 4.79 Å². The molecule has 1 saturated carbocycles. The fourth-order valence-electron chi connectivity index (χ4n) is 3.10. The van der Waals surface area contributed by atoms with E-state index in [9.17, 15) is 9.59 Å². The van der Waals surface area contributed by atoms with Gasteiger partial charge in [-0.15, -0.1) is 0 Å². The van der Waals surface area contributed by atoms with Gasteiger partial charge in [-0.3, -0.25) is 14.2 Å². The lowest BCUT2D eigenvalue weighted by Gasteiger charge is -2.22. The summed E-state index contributed by atoms with van der Waals surface area (Å²) in [7, 11) is 0. The summed E-state index contributed by atoms with van der Waals surface area (Å²) in [4.78, 5) is 28.7. The van der Waals surface area contributed by atoms with Crippen LogP contribution in [0.3, 0.4) is 0 Å². The van der Waals surface area contributed by atoms with Crippen LogP contribution < -0.4 is 10.9 Å².